The number of carbonyl (C=O) groups excluding carboxylic acids is 2. The Morgan fingerprint density at radius 2 is 0.857 bits per heavy atom. The maximum Gasteiger partial charge on any atom is 2.00 e. The van der Waals surface area contributed by atoms with Crippen molar-refractivity contribution in [3.63, 3.8) is 0 Å². The summed E-state index contributed by atoms with van der Waals surface area (Å²) < 4.78 is 0. The third-order valence-electron chi connectivity index (χ3n) is 6.19. The molecule has 6 aromatic carbocycles. The van der Waals surface area contributed by atoms with Crippen molar-refractivity contribution in [2.24, 2.45) is 0 Å². The van der Waals surface area contributed by atoms with Crippen molar-refractivity contribution in [3.05, 3.63) is 190 Å². The molecule has 1 aliphatic rings. The van der Waals surface area contributed by atoms with Crippen LogP contribution in [0.15, 0.2) is 146 Å². The summed E-state index contributed by atoms with van der Waals surface area (Å²) in [5.41, 5.74) is 4.33. The van der Waals surface area contributed by atoms with E-state index in [2.05, 4.69) is 23.7 Å². The number of carbonyl (C=O) groups is 2. The van der Waals surface area contributed by atoms with Gasteiger partial charge in [0.1, 0.15) is 0 Å². The van der Waals surface area contributed by atoms with Gasteiger partial charge in [0.2, 0.25) is 0 Å². The van der Waals surface area contributed by atoms with Crippen molar-refractivity contribution in [3.8, 4) is 23.7 Å². The Hall–Kier alpha value is -4.66. The molecule has 7 rings (SSSR count). The Morgan fingerprint density at radius 1 is 0.476 bits per heavy atom. The molecule has 0 atom stereocenters. The molecule has 0 amide bonds. The van der Waals surface area contributed by atoms with Crippen molar-refractivity contribution < 1.29 is 43.7 Å². The van der Waals surface area contributed by atoms with Crippen LogP contribution in [0.4, 0.5) is 0 Å². The fourth-order valence-corrected chi connectivity index (χ4v) is 4.29. The summed E-state index contributed by atoms with van der Waals surface area (Å²) in [5.74, 6) is 11.9. The first-order chi connectivity index (χ1) is 19.7. The molecule has 0 saturated carbocycles. The molecule has 42 heavy (non-hydrogen) atoms. The third-order valence-corrected chi connectivity index (χ3v) is 6.19. The standard InChI is InChI=1S/C28H14O2.2C5H5.2Fe/c29-27-23-13-5-11-21(17-15-19-7-1-2-8-19)25(23)28(30)26-22(12-6-14-24(26)27)18-16-20-9-3-4-10-20;2*1-2-4-5-3-1;;/h1-14H;2*1-5H;;/q-2;2*-1;2*+2. The molecule has 6 aromatic rings. The predicted molar refractivity (Wildman–Crippen MR) is 160 cm³/mol. The first kappa shape index (κ1) is 31.9. The van der Waals surface area contributed by atoms with Gasteiger partial charge in [0.25, 0.3) is 0 Å². The van der Waals surface area contributed by atoms with E-state index in [-0.39, 0.29) is 45.7 Å². The van der Waals surface area contributed by atoms with Crippen LogP contribution in [0, 0.1) is 23.7 Å². The minimum atomic E-state index is -0.209. The summed E-state index contributed by atoms with van der Waals surface area (Å²) in [6.07, 6.45) is 0. The molecule has 0 saturated heterocycles. The topological polar surface area (TPSA) is 34.1 Å². The first-order valence-electron chi connectivity index (χ1n) is 12.9. The van der Waals surface area contributed by atoms with Crippen LogP contribution in [-0.4, -0.2) is 11.6 Å². The predicted octanol–water partition coefficient (Wildman–Crippen LogP) is 7.51. The van der Waals surface area contributed by atoms with Crippen molar-refractivity contribution in [1.82, 2.24) is 0 Å². The van der Waals surface area contributed by atoms with Gasteiger partial charge in [-0.25, -0.2) is 24.3 Å². The van der Waals surface area contributed by atoms with Crippen LogP contribution in [0.5, 0.6) is 0 Å². The van der Waals surface area contributed by atoms with Crippen LogP contribution in [0.1, 0.15) is 54.1 Å². The minimum Gasteiger partial charge on any atom is -0.289 e. The van der Waals surface area contributed by atoms with Crippen LogP contribution in [0.25, 0.3) is 0 Å². The summed E-state index contributed by atoms with van der Waals surface area (Å²) in [4.78, 5) is 26.7. The number of hydrogen-bond donors (Lipinski definition) is 0. The van der Waals surface area contributed by atoms with E-state index in [9.17, 15) is 9.59 Å². The van der Waals surface area contributed by atoms with Crippen LogP contribution in [-0.2, 0) is 34.1 Å². The van der Waals surface area contributed by atoms with E-state index in [1.165, 1.54) is 0 Å². The van der Waals surface area contributed by atoms with Gasteiger partial charge in [-0.3, -0.25) is 9.59 Å². The quantitative estimate of drug-likeness (QED) is 0.0996. The van der Waals surface area contributed by atoms with Gasteiger partial charge in [-0.1, -0.05) is 47.5 Å². The second-order valence-corrected chi connectivity index (χ2v) is 8.89. The van der Waals surface area contributed by atoms with Gasteiger partial charge in [-0.05, 0) is 11.1 Å². The maximum atomic E-state index is 13.5. The van der Waals surface area contributed by atoms with E-state index in [0.717, 1.165) is 11.1 Å². The van der Waals surface area contributed by atoms with Crippen LogP contribution in [0.3, 0.4) is 0 Å². The fourth-order valence-electron chi connectivity index (χ4n) is 4.29. The molecule has 0 fully saturated rings. The zero-order valence-electron chi connectivity index (χ0n) is 22.4. The van der Waals surface area contributed by atoms with E-state index in [1.54, 1.807) is 36.4 Å². The monoisotopic (exact) mass is 624 g/mol. The number of fused-ring (bicyclic) bond motifs is 2. The second-order valence-electron chi connectivity index (χ2n) is 8.89. The zero-order chi connectivity index (χ0) is 27.6. The summed E-state index contributed by atoms with van der Waals surface area (Å²) in [5, 5.41) is 0. The largest absolute Gasteiger partial charge is 2.00 e. The molecule has 0 N–H and O–H groups in total. The molecule has 0 aliphatic heterocycles. The molecule has 1 aliphatic carbocycles. The molecule has 0 aromatic heterocycles. The van der Waals surface area contributed by atoms with Crippen molar-refractivity contribution in [2.45, 2.75) is 0 Å². The van der Waals surface area contributed by atoms with Gasteiger partial charge in [0.15, 0.2) is 11.6 Å². The van der Waals surface area contributed by atoms with Gasteiger partial charge < -0.3 is 0 Å². The van der Waals surface area contributed by atoms with Crippen LogP contribution < -0.4 is 0 Å². The molecule has 0 radical (unpaired) electrons. The first-order valence-corrected chi connectivity index (χ1v) is 12.9. The molecule has 0 spiro atoms. The Kier molecular flexibility index (Phi) is 12.1. The number of rotatable bonds is 0. The Bertz CT molecular complexity index is 1650. The Labute approximate surface area is 267 Å². The number of hydrogen-bond acceptors (Lipinski definition) is 2. The third kappa shape index (κ3) is 7.75. The summed E-state index contributed by atoms with van der Waals surface area (Å²) in [6, 6.07) is 45.7. The summed E-state index contributed by atoms with van der Waals surface area (Å²) in [6.45, 7) is 0. The normalized spacial score (nSPS) is 10.2. The molecule has 0 unspecified atom stereocenters. The SMILES string of the molecule is O=C1c2cccc(C#C[c-]3cccc3)c2C(=O)c2c(C#C[c-]3cccc3)cccc21.[Fe+2].[Fe+2].c1cc[cH-]c1.c1cc[cH-]c1. The van der Waals surface area contributed by atoms with E-state index in [4.69, 9.17) is 0 Å². The Balaban J connectivity index is 0.000000341. The second kappa shape index (κ2) is 16.0. The van der Waals surface area contributed by atoms with Crippen LogP contribution in [0.2, 0.25) is 0 Å². The number of benzene rings is 2. The molecule has 4 heteroatoms. The fraction of sp³-hybridized carbons (Fsp3) is 0. The van der Waals surface area contributed by atoms with E-state index in [0.29, 0.717) is 33.4 Å². The smallest absolute Gasteiger partial charge is 0.289 e. The van der Waals surface area contributed by atoms with Gasteiger partial charge in [-0.2, -0.15) is 84.3 Å². The van der Waals surface area contributed by atoms with Gasteiger partial charge >= 0.3 is 34.1 Å². The van der Waals surface area contributed by atoms with E-state index < -0.39 is 0 Å². The summed E-state index contributed by atoms with van der Waals surface area (Å²) in [7, 11) is 0. The molecule has 204 valence electrons. The molecule has 0 heterocycles. The molecular formula is C38H24Fe2O2. The molecule has 0 bridgehead atoms. The number of ketones is 2. The minimum absolute atomic E-state index is 0. The van der Waals surface area contributed by atoms with Gasteiger partial charge in [0.05, 0.1) is 0 Å². The molecule has 2 nitrogen and oxygen atoms in total. The van der Waals surface area contributed by atoms with E-state index >= 15 is 0 Å². The van der Waals surface area contributed by atoms with E-state index in [1.807, 2.05) is 109 Å². The van der Waals surface area contributed by atoms with Crippen LogP contribution >= 0.6 is 0 Å². The van der Waals surface area contributed by atoms with Crippen molar-refractivity contribution in [1.29, 1.82) is 0 Å². The zero-order valence-corrected chi connectivity index (χ0v) is 24.6. The average molecular weight is 624 g/mol. The molecular weight excluding hydrogens is 600 g/mol. The van der Waals surface area contributed by atoms with Crippen molar-refractivity contribution in [2.75, 3.05) is 0 Å². The summed E-state index contributed by atoms with van der Waals surface area (Å²) >= 11 is 0. The average Bonchev–Trinajstić information content (AvgIpc) is 3.82. The van der Waals surface area contributed by atoms with Crippen molar-refractivity contribution >= 4 is 11.6 Å². The van der Waals surface area contributed by atoms with Gasteiger partial charge in [0, 0.05) is 22.3 Å². The Morgan fingerprint density at radius 3 is 1.19 bits per heavy atom. The van der Waals surface area contributed by atoms with Gasteiger partial charge in [-0.15, -0.1) is 24.3 Å². The maximum absolute atomic E-state index is 13.5.